The Morgan fingerprint density at radius 1 is 1.08 bits per heavy atom. The van der Waals surface area contributed by atoms with Crippen LogP contribution in [-0.2, 0) is 6.54 Å². The molecule has 2 aliphatic rings. The molecule has 4 rings (SSSR count). The third-order valence-corrected chi connectivity index (χ3v) is 4.70. The van der Waals surface area contributed by atoms with E-state index in [2.05, 4.69) is 20.2 Å². The predicted molar refractivity (Wildman–Crippen MR) is 97.6 cm³/mol. The molecule has 5 heteroatoms. The molecule has 25 heavy (non-hydrogen) atoms. The first kappa shape index (κ1) is 16.1. The van der Waals surface area contributed by atoms with E-state index in [1.54, 1.807) is 0 Å². The van der Waals surface area contributed by atoms with E-state index < -0.39 is 0 Å². The highest BCUT2D eigenvalue weighted by Crippen LogP contribution is 2.31. The summed E-state index contributed by atoms with van der Waals surface area (Å²) in [6.07, 6.45) is 4.60. The van der Waals surface area contributed by atoms with Crippen LogP contribution in [0.25, 0.3) is 0 Å². The largest absolute Gasteiger partial charge is 0.349 e. The monoisotopic (exact) mass is 336 g/mol. The molecule has 0 radical (unpaired) electrons. The standard InChI is InChI=1S/C20H24N4O/c1-13-11-14(2)22-20(21-13)24(18-9-10-18)12-15-3-5-16(6-4-15)19(25)23-17-7-8-17/h3-6,11,17-18H,7-10,12H2,1-2H3,(H,23,25). The van der Waals surface area contributed by atoms with Crippen LogP contribution >= 0.6 is 0 Å². The molecule has 130 valence electrons. The van der Waals surface area contributed by atoms with Crippen molar-refractivity contribution < 1.29 is 4.79 Å². The van der Waals surface area contributed by atoms with Crippen LogP contribution in [0.1, 0.15) is 53.0 Å². The Kier molecular flexibility index (Phi) is 4.15. The highest BCUT2D eigenvalue weighted by molar-refractivity contribution is 5.94. The van der Waals surface area contributed by atoms with E-state index in [1.165, 1.54) is 18.4 Å². The molecule has 0 atom stereocenters. The number of benzene rings is 1. The minimum absolute atomic E-state index is 0.0331. The second kappa shape index (κ2) is 6.47. The smallest absolute Gasteiger partial charge is 0.251 e. The summed E-state index contributed by atoms with van der Waals surface area (Å²) in [5.41, 5.74) is 3.91. The fourth-order valence-electron chi connectivity index (χ4n) is 3.04. The Labute approximate surface area is 148 Å². The second-order valence-corrected chi connectivity index (χ2v) is 7.25. The van der Waals surface area contributed by atoms with Crippen LogP contribution in [0.5, 0.6) is 0 Å². The fraction of sp³-hybridized carbons (Fsp3) is 0.450. The first-order valence-corrected chi connectivity index (χ1v) is 9.07. The maximum absolute atomic E-state index is 12.1. The van der Waals surface area contributed by atoms with Gasteiger partial charge < -0.3 is 10.2 Å². The molecule has 1 aromatic carbocycles. The van der Waals surface area contributed by atoms with Gasteiger partial charge in [0.15, 0.2) is 0 Å². The lowest BCUT2D eigenvalue weighted by atomic mass is 10.1. The molecule has 5 nitrogen and oxygen atoms in total. The maximum Gasteiger partial charge on any atom is 0.251 e. The average Bonchev–Trinajstić information content (AvgIpc) is 3.46. The van der Waals surface area contributed by atoms with E-state index in [-0.39, 0.29) is 5.91 Å². The lowest BCUT2D eigenvalue weighted by Crippen LogP contribution is -2.28. The van der Waals surface area contributed by atoms with Gasteiger partial charge in [0.1, 0.15) is 0 Å². The number of anilines is 1. The number of carbonyl (C=O) groups excluding carboxylic acids is 1. The second-order valence-electron chi connectivity index (χ2n) is 7.25. The molecule has 2 saturated carbocycles. The molecule has 1 heterocycles. The number of carbonyl (C=O) groups is 1. The van der Waals surface area contributed by atoms with Crippen molar-refractivity contribution >= 4 is 11.9 Å². The topological polar surface area (TPSA) is 58.1 Å². The van der Waals surface area contributed by atoms with Gasteiger partial charge >= 0.3 is 0 Å². The van der Waals surface area contributed by atoms with Crippen LogP contribution in [-0.4, -0.2) is 28.0 Å². The predicted octanol–water partition coefficient (Wildman–Crippen LogP) is 3.15. The van der Waals surface area contributed by atoms with Crippen LogP contribution in [0.4, 0.5) is 5.95 Å². The van der Waals surface area contributed by atoms with Crippen LogP contribution < -0.4 is 10.2 Å². The molecule has 2 aliphatic carbocycles. The Morgan fingerprint density at radius 3 is 2.28 bits per heavy atom. The molecule has 0 unspecified atom stereocenters. The summed E-state index contributed by atoms with van der Waals surface area (Å²) < 4.78 is 0. The average molecular weight is 336 g/mol. The van der Waals surface area contributed by atoms with Crippen molar-refractivity contribution in [1.29, 1.82) is 0 Å². The zero-order valence-corrected chi connectivity index (χ0v) is 14.8. The molecule has 0 saturated heterocycles. The van der Waals surface area contributed by atoms with Gasteiger partial charge in [-0.25, -0.2) is 9.97 Å². The molecule has 2 fully saturated rings. The summed E-state index contributed by atoms with van der Waals surface area (Å²) in [7, 11) is 0. The molecule has 1 N–H and O–H groups in total. The summed E-state index contributed by atoms with van der Waals surface area (Å²) in [5, 5.41) is 3.03. The number of rotatable bonds is 6. The number of amides is 1. The maximum atomic E-state index is 12.1. The minimum Gasteiger partial charge on any atom is -0.349 e. The van der Waals surface area contributed by atoms with Crippen molar-refractivity contribution in [2.24, 2.45) is 0 Å². The van der Waals surface area contributed by atoms with E-state index in [9.17, 15) is 4.79 Å². The number of nitrogens with one attached hydrogen (secondary N) is 1. The van der Waals surface area contributed by atoms with Crippen molar-refractivity contribution in [1.82, 2.24) is 15.3 Å². The first-order chi connectivity index (χ1) is 12.1. The van der Waals surface area contributed by atoms with Gasteiger partial charge in [-0.2, -0.15) is 0 Å². The molecule has 2 aromatic rings. The Hall–Kier alpha value is -2.43. The van der Waals surface area contributed by atoms with Crippen LogP contribution in [0.3, 0.4) is 0 Å². The third kappa shape index (κ3) is 3.98. The molecular formula is C20H24N4O. The normalized spacial score (nSPS) is 16.6. The number of hydrogen-bond donors (Lipinski definition) is 1. The van der Waals surface area contributed by atoms with Crippen molar-refractivity contribution in [3.63, 3.8) is 0 Å². The highest BCUT2D eigenvalue weighted by Gasteiger charge is 2.31. The van der Waals surface area contributed by atoms with Crippen molar-refractivity contribution in [2.45, 2.75) is 58.2 Å². The van der Waals surface area contributed by atoms with Gasteiger partial charge in [-0.1, -0.05) is 12.1 Å². The molecule has 0 spiro atoms. The van der Waals surface area contributed by atoms with Gasteiger partial charge in [0.2, 0.25) is 5.95 Å². The minimum atomic E-state index is 0.0331. The van der Waals surface area contributed by atoms with Crippen LogP contribution in [0, 0.1) is 13.8 Å². The lowest BCUT2D eigenvalue weighted by molar-refractivity contribution is 0.0951. The summed E-state index contributed by atoms with van der Waals surface area (Å²) in [6.45, 7) is 4.80. The zero-order valence-electron chi connectivity index (χ0n) is 14.8. The number of aryl methyl sites for hydroxylation is 2. The van der Waals surface area contributed by atoms with E-state index >= 15 is 0 Å². The van der Waals surface area contributed by atoms with Crippen LogP contribution in [0.2, 0.25) is 0 Å². The first-order valence-electron chi connectivity index (χ1n) is 9.07. The van der Waals surface area contributed by atoms with E-state index in [0.29, 0.717) is 12.1 Å². The SMILES string of the molecule is Cc1cc(C)nc(N(Cc2ccc(C(=O)NC3CC3)cc2)C2CC2)n1. The van der Waals surface area contributed by atoms with E-state index in [4.69, 9.17) is 0 Å². The van der Waals surface area contributed by atoms with Gasteiger partial charge in [0.05, 0.1) is 0 Å². The zero-order chi connectivity index (χ0) is 17.4. The molecule has 1 aromatic heterocycles. The summed E-state index contributed by atoms with van der Waals surface area (Å²) in [4.78, 5) is 23.6. The summed E-state index contributed by atoms with van der Waals surface area (Å²) >= 11 is 0. The lowest BCUT2D eigenvalue weighted by Gasteiger charge is -2.23. The third-order valence-electron chi connectivity index (χ3n) is 4.70. The quantitative estimate of drug-likeness (QED) is 0.880. The van der Waals surface area contributed by atoms with Crippen molar-refractivity contribution in [2.75, 3.05) is 4.90 Å². The van der Waals surface area contributed by atoms with Crippen molar-refractivity contribution in [3.8, 4) is 0 Å². The molecule has 0 aliphatic heterocycles. The number of aromatic nitrogens is 2. The van der Waals surface area contributed by atoms with Gasteiger partial charge in [0.25, 0.3) is 5.91 Å². The van der Waals surface area contributed by atoms with Gasteiger partial charge in [-0.15, -0.1) is 0 Å². The van der Waals surface area contributed by atoms with E-state index in [0.717, 1.165) is 42.3 Å². The van der Waals surface area contributed by atoms with Gasteiger partial charge in [-0.05, 0) is 63.3 Å². The van der Waals surface area contributed by atoms with Gasteiger partial charge in [-0.3, -0.25) is 4.79 Å². The van der Waals surface area contributed by atoms with Gasteiger partial charge in [0, 0.05) is 35.6 Å². The fourth-order valence-corrected chi connectivity index (χ4v) is 3.04. The van der Waals surface area contributed by atoms with E-state index in [1.807, 2.05) is 44.2 Å². The molecular weight excluding hydrogens is 312 g/mol. The number of hydrogen-bond acceptors (Lipinski definition) is 4. The van der Waals surface area contributed by atoms with Crippen molar-refractivity contribution in [3.05, 3.63) is 52.8 Å². The Morgan fingerprint density at radius 2 is 1.72 bits per heavy atom. The molecule has 0 bridgehead atoms. The summed E-state index contributed by atoms with van der Waals surface area (Å²) in [6, 6.07) is 10.8. The van der Waals surface area contributed by atoms with Crippen LogP contribution in [0.15, 0.2) is 30.3 Å². The molecule has 1 amide bonds. The number of nitrogens with zero attached hydrogens (tertiary/aromatic N) is 3. The Balaban J connectivity index is 1.49. The summed E-state index contributed by atoms with van der Waals surface area (Å²) in [5.74, 6) is 0.848. The highest BCUT2D eigenvalue weighted by atomic mass is 16.1. The Bertz CT molecular complexity index is 759.